The van der Waals surface area contributed by atoms with Crippen molar-refractivity contribution in [2.75, 3.05) is 20.2 Å². The third-order valence-corrected chi connectivity index (χ3v) is 6.33. The van der Waals surface area contributed by atoms with Gasteiger partial charge in [0.05, 0.1) is 7.11 Å². The van der Waals surface area contributed by atoms with E-state index in [2.05, 4.69) is 12.2 Å². The van der Waals surface area contributed by atoms with Crippen molar-refractivity contribution in [1.29, 1.82) is 0 Å². The van der Waals surface area contributed by atoms with Crippen LogP contribution in [0.3, 0.4) is 0 Å². The smallest absolute Gasteiger partial charge is 0.270 e. The molecule has 1 aromatic carbocycles. The molecule has 5 nitrogen and oxygen atoms in total. The standard InChI is InChI=1S/C28H44N2O3/c1-3-4-5-6-7-8-9-10-11-12-13-14-15-16-21-30-23-27(31)29-26(28(30)32)22-24-17-19-25(33-2)20-18-24/h17-20,22H,3-16,21,23H2,1-2H3,(H,29,31)/b26-22-. The number of hydrogen-bond acceptors (Lipinski definition) is 3. The molecule has 0 atom stereocenters. The number of benzene rings is 1. The zero-order chi connectivity index (χ0) is 23.7. The summed E-state index contributed by atoms with van der Waals surface area (Å²) in [4.78, 5) is 26.6. The molecule has 33 heavy (non-hydrogen) atoms. The van der Waals surface area contributed by atoms with E-state index in [1.54, 1.807) is 18.1 Å². The minimum atomic E-state index is -0.125. The van der Waals surface area contributed by atoms with E-state index in [0.29, 0.717) is 12.2 Å². The summed E-state index contributed by atoms with van der Waals surface area (Å²) < 4.78 is 5.16. The van der Waals surface area contributed by atoms with E-state index < -0.39 is 0 Å². The van der Waals surface area contributed by atoms with Gasteiger partial charge in [0.1, 0.15) is 18.0 Å². The molecule has 0 saturated carbocycles. The molecule has 2 rings (SSSR count). The molecule has 0 aromatic heterocycles. The maximum atomic E-state index is 12.8. The van der Waals surface area contributed by atoms with Crippen molar-refractivity contribution in [3.05, 3.63) is 35.5 Å². The SMILES string of the molecule is CCCCCCCCCCCCCCCCN1CC(=O)N/C(=C\c2ccc(OC)cc2)C1=O. The number of ether oxygens (including phenoxy) is 1. The van der Waals surface area contributed by atoms with Crippen LogP contribution in [0.5, 0.6) is 5.75 Å². The van der Waals surface area contributed by atoms with Gasteiger partial charge in [0, 0.05) is 6.54 Å². The van der Waals surface area contributed by atoms with Crippen LogP contribution in [0, 0.1) is 0 Å². The Morgan fingerprint density at radius 3 is 1.85 bits per heavy atom. The second kappa shape index (κ2) is 16.3. The van der Waals surface area contributed by atoms with E-state index in [9.17, 15) is 9.59 Å². The number of amides is 2. The van der Waals surface area contributed by atoms with Crippen LogP contribution < -0.4 is 10.1 Å². The molecule has 0 radical (unpaired) electrons. The van der Waals surface area contributed by atoms with Crippen LogP contribution in [0.1, 0.15) is 102 Å². The lowest BCUT2D eigenvalue weighted by Gasteiger charge is -2.28. The Morgan fingerprint density at radius 1 is 0.818 bits per heavy atom. The van der Waals surface area contributed by atoms with Gasteiger partial charge in [-0.15, -0.1) is 0 Å². The summed E-state index contributed by atoms with van der Waals surface area (Å²) in [5.74, 6) is 0.537. The Bertz CT molecular complexity index is 727. The van der Waals surface area contributed by atoms with Crippen LogP contribution in [0.2, 0.25) is 0 Å². The summed E-state index contributed by atoms with van der Waals surface area (Å²) in [5, 5.41) is 2.72. The van der Waals surface area contributed by atoms with Gasteiger partial charge in [0.2, 0.25) is 5.91 Å². The molecular formula is C28H44N2O3. The minimum absolute atomic E-state index is 0.0971. The average Bonchev–Trinajstić information content (AvgIpc) is 2.82. The first-order valence-corrected chi connectivity index (χ1v) is 13.1. The first kappa shape index (κ1) is 26.9. The molecule has 1 aliphatic heterocycles. The zero-order valence-corrected chi connectivity index (χ0v) is 20.9. The first-order valence-electron chi connectivity index (χ1n) is 13.1. The molecule has 0 bridgehead atoms. The Kier molecular flexibility index (Phi) is 13.3. The van der Waals surface area contributed by atoms with Gasteiger partial charge in [-0.25, -0.2) is 0 Å². The van der Waals surface area contributed by atoms with E-state index in [1.807, 2.05) is 24.3 Å². The molecule has 2 amide bonds. The quantitative estimate of drug-likeness (QED) is 0.216. The predicted molar refractivity (Wildman–Crippen MR) is 136 cm³/mol. The summed E-state index contributed by atoms with van der Waals surface area (Å²) in [6.45, 7) is 3.06. The van der Waals surface area contributed by atoms with Crippen LogP contribution in [0.4, 0.5) is 0 Å². The maximum Gasteiger partial charge on any atom is 0.270 e. The summed E-state index contributed by atoms with van der Waals surface area (Å²) in [6, 6.07) is 7.43. The van der Waals surface area contributed by atoms with Gasteiger partial charge in [-0.3, -0.25) is 9.59 Å². The van der Waals surface area contributed by atoms with Crippen molar-refractivity contribution in [3.63, 3.8) is 0 Å². The summed E-state index contributed by atoms with van der Waals surface area (Å²) >= 11 is 0. The highest BCUT2D eigenvalue weighted by Gasteiger charge is 2.27. The molecule has 0 aliphatic carbocycles. The molecule has 1 aliphatic rings. The van der Waals surface area contributed by atoms with Crippen LogP contribution in [-0.2, 0) is 9.59 Å². The fraction of sp³-hybridized carbons (Fsp3) is 0.643. The van der Waals surface area contributed by atoms with Crippen molar-refractivity contribution in [3.8, 4) is 5.75 Å². The van der Waals surface area contributed by atoms with E-state index in [0.717, 1.165) is 24.2 Å². The first-order chi connectivity index (χ1) is 16.1. The number of unbranched alkanes of at least 4 members (excludes halogenated alkanes) is 13. The largest absolute Gasteiger partial charge is 0.497 e. The van der Waals surface area contributed by atoms with Crippen molar-refractivity contribution < 1.29 is 14.3 Å². The Labute approximate surface area is 201 Å². The second-order valence-corrected chi connectivity index (χ2v) is 9.20. The molecule has 1 aromatic rings. The predicted octanol–water partition coefficient (Wildman–Crippen LogP) is 6.48. The Balaban J connectivity index is 1.57. The lowest BCUT2D eigenvalue weighted by atomic mass is 10.0. The number of nitrogens with one attached hydrogen (secondary N) is 1. The zero-order valence-electron chi connectivity index (χ0n) is 20.9. The van der Waals surface area contributed by atoms with Gasteiger partial charge in [-0.1, -0.05) is 103 Å². The number of methoxy groups -OCH3 is 1. The monoisotopic (exact) mass is 456 g/mol. The van der Waals surface area contributed by atoms with Crippen LogP contribution in [0.15, 0.2) is 30.0 Å². The van der Waals surface area contributed by atoms with Crippen LogP contribution >= 0.6 is 0 Å². The number of piperazine rings is 1. The number of carbonyl (C=O) groups excluding carboxylic acids is 2. The number of hydrogen-bond donors (Lipinski definition) is 1. The lowest BCUT2D eigenvalue weighted by molar-refractivity contribution is -0.137. The fourth-order valence-electron chi connectivity index (χ4n) is 4.30. The fourth-order valence-corrected chi connectivity index (χ4v) is 4.30. The van der Waals surface area contributed by atoms with Gasteiger partial charge < -0.3 is 15.0 Å². The maximum absolute atomic E-state index is 12.8. The molecule has 1 saturated heterocycles. The summed E-state index contributed by atoms with van der Waals surface area (Å²) in [7, 11) is 1.62. The molecule has 1 fully saturated rings. The van der Waals surface area contributed by atoms with Crippen molar-refractivity contribution in [1.82, 2.24) is 10.2 Å². The third kappa shape index (κ3) is 10.9. The third-order valence-electron chi connectivity index (χ3n) is 6.33. The van der Waals surface area contributed by atoms with Gasteiger partial charge in [-0.05, 0) is 30.2 Å². The molecule has 1 N–H and O–H groups in total. The normalized spacial score (nSPS) is 15.2. The number of nitrogens with zero attached hydrogens (tertiary/aromatic N) is 1. The Hall–Kier alpha value is -2.30. The molecular weight excluding hydrogens is 412 g/mol. The van der Waals surface area contributed by atoms with Crippen LogP contribution in [0.25, 0.3) is 6.08 Å². The van der Waals surface area contributed by atoms with Crippen LogP contribution in [-0.4, -0.2) is 36.9 Å². The molecule has 0 unspecified atom stereocenters. The van der Waals surface area contributed by atoms with Crippen molar-refractivity contribution in [2.45, 2.75) is 96.8 Å². The summed E-state index contributed by atoms with van der Waals surface area (Å²) in [6.07, 6.45) is 20.0. The second-order valence-electron chi connectivity index (χ2n) is 9.20. The average molecular weight is 457 g/mol. The molecule has 1 heterocycles. The lowest BCUT2D eigenvalue weighted by Crippen LogP contribution is -2.50. The van der Waals surface area contributed by atoms with Crippen molar-refractivity contribution in [2.24, 2.45) is 0 Å². The highest BCUT2D eigenvalue weighted by atomic mass is 16.5. The highest BCUT2D eigenvalue weighted by molar-refractivity contribution is 6.05. The Morgan fingerprint density at radius 2 is 1.33 bits per heavy atom. The van der Waals surface area contributed by atoms with Gasteiger partial charge in [0.15, 0.2) is 0 Å². The number of rotatable bonds is 17. The van der Waals surface area contributed by atoms with Gasteiger partial charge in [0.25, 0.3) is 5.91 Å². The summed E-state index contributed by atoms with van der Waals surface area (Å²) in [5.41, 5.74) is 1.21. The van der Waals surface area contributed by atoms with Crippen molar-refractivity contribution >= 4 is 17.9 Å². The number of carbonyl (C=O) groups is 2. The van der Waals surface area contributed by atoms with E-state index >= 15 is 0 Å². The minimum Gasteiger partial charge on any atom is -0.497 e. The highest BCUT2D eigenvalue weighted by Crippen LogP contribution is 2.17. The molecule has 184 valence electrons. The topological polar surface area (TPSA) is 58.6 Å². The van der Waals surface area contributed by atoms with Gasteiger partial charge >= 0.3 is 0 Å². The molecule has 5 heteroatoms. The van der Waals surface area contributed by atoms with E-state index in [1.165, 1.54) is 77.0 Å². The van der Waals surface area contributed by atoms with Gasteiger partial charge in [-0.2, -0.15) is 0 Å². The van der Waals surface area contributed by atoms with E-state index in [-0.39, 0.29) is 18.4 Å². The molecule has 0 spiro atoms. The van der Waals surface area contributed by atoms with E-state index in [4.69, 9.17) is 4.74 Å².